The zero-order valence-corrected chi connectivity index (χ0v) is 10.5. The summed E-state index contributed by atoms with van der Waals surface area (Å²) < 4.78 is 0. The van der Waals surface area contributed by atoms with Gasteiger partial charge >= 0.3 is 0 Å². The van der Waals surface area contributed by atoms with E-state index in [4.69, 9.17) is 0 Å². The molecule has 0 aromatic carbocycles. The van der Waals surface area contributed by atoms with Crippen molar-refractivity contribution in [2.24, 2.45) is 11.3 Å². The third-order valence-corrected chi connectivity index (χ3v) is 2.60. The number of hydrogen-bond donors (Lipinski definition) is 1. The van der Waals surface area contributed by atoms with Crippen molar-refractivity contribution in [3.05, 3.63) is 0 Å². The maximum absolute atomic E-state index is 3.58. The van der Waals surface area contributed by atoms with Crippen LogP contribution < -0.4 is 5.32 Å². The van der Waals surface area contributed by atoms with E-state index < -0.39 is 0 Å². The summed E-state index contributed by atoms with van der Waals surface area (Å²) in [6.45, 7) is 17.1. The minimum Gasteiger partial charge on any atom is -0.312 e. The topological polar surface area (TPSA) is 12.0 Å². The molecule has 0 heterocycles. The van der Waals surface area contributed by atoms with Gasteiger partial charge in [-0.1, -0.05) is 34.1 Å². The zero-order valence-electron chi connectivity index (χ0n) is 10.5. The normalized spacial score (nSPS) is 15.9. The van der Waals surface area contributed by atoms with E-state index in [1.807, 2.05) is 0 Å². The third kappa shape index (κ3) is 6.09. The molecule has 1 unspecified atom stereocenters. The van der Waals surface area contributed by atoms with Crippen molar-refractivity contribution < 1.29 is 0 Å². The van der Waals surface area contributed by atoms with Crippen LogP contribution in [0.5, 0.6) is 0 Å². The molecular weight excluding hydrogens is 158 g/mol. The Labute approximate surface area is 84.3 Å². The molecule has 1 atom stereocenters. The van der Waals surface area contributed by atoms with E-state index in [-0.39, 0.29) is 5.54 Å². The number of nitrogens with one attached hydrogen (secondary N) is 1. The fourth-order valence-electron chi connectivity index (χ4n) is 1.49. The fourth-order valence-corrected chi connectivity index (χ4v) is 1.49. The molecule has 0 aromatic rings. The van der Waals surface area contributed by atoms with E-state index in [1.165, 1.54) is 6.42 Å². The molecular formula is C12H27N. The summed E-state index contributed by atoms with van der Waals surface area (Å²) >= 11 is 0. The second-order valence-corrected chi connectivity index (χ2v) is 6.10. The van der Waals surface area contributed by atoms with Crippen molar-refractivity contribution in [2.75, 3.05) is 6.54 Å². The van der Waals surface area contributed by atoms with Crippen molar-refractivity contribution in [3.63, 3.8) is 0 Å². The van der Waals surface area contributed by atoms with Gasteiger partial charge in [-0.2, -0.15) is 0 Å². The Bertz CT molecular complexity index is 136. The van der Waals surface area contributed by atoms with Crippen LogP contribution in [-0.2, 0) is 0 Å². The standard InChI is InChI=1S/C12H27N/c1-8-10(11(2,3)4)9-13-12(5,6)7/h10,13H,8-9H2,1-7H3. The summed E-state index contributed by atoms with van der Waals surface area (Å²) in [6.07, 6.45) is 1.26. The van der Waals surface area contributed by atoms with Crippen LogP contribution in [0.25, 0.3) is 0 Å². The monoisotopic (exact) mass is 185 g/mol. The first-order valence-electron chi connectivity index (χ1n) is 5.42. The van der Waals surface area contributed by atoms with Crippen LogP contribution in [-0.4, -0.2) is 12.1 Å². The van der Waals surface area contributed by atoms with Gasteiger partial charge in [0.1, 0.15) is 0 Å². The van der Waals surface area contributed by atoms with Crippen LogP contribution in [0.3, 0.4) is 0 Å². The molecule has 0 amide bonds. The van der Waals surface area contributed by atoms with Crippen molar-refractivity contribution in [2.45, 2.75) is 60.4 Å². The van der Waals surface area contributed by atoms with E-state index in [9.17, 15) is 0 Å². The average molecular weight is 185 g/mol. The minimum atomic E-state index is 0.249. The smallest absolute Gasteiger partial charge is 0.00966 e. The first kappa shape index (κ1) is 13.0. The highest BCUT2D eigenvalue weighted by molar-refractivity contribution is 4.79. The lowest BCUT2D eigenvalue weighted by molar-refractivity contribution is 0.209. The molecule has 0 fully saturated rings. The van der Waals surface area contributed by atoms with Gasteiger partial charge in [0.15, 0.2) is 0 Å². The second kappa shape index (κ2) is 4.45. The fraction of sp³-hybridized carbons (Fsp3) is 1.00. The summed E-state index contributed by atoms with van der Waals surface area (Å²) in [6, 6.07) is 0. The zero-order chi connectivity index (χ0) is 10.7. The van der Waals surface area contributed by atoms with Crippen LogP contribution in [0.4, 0.5) is 0 Å². The lowest BCUT2D eigenvalue weighted by atomic mass is 9.79. The molecule has 1 N–H and O–H groups in total. The highest BCUT2D eigenvalue weighted by atomic mass is 14.9. The molecule has 0 aliphatic carbocycles. The van der Waals surface area contributed by atoms with E-state index >= 15 is 0 Å². The first-order chi connectivity index (χ1) is 5.67. The van der Waals surface area contributed by atoms with Gasteiger partial charge in [-0.15, -0.1) is 0 Å². The van der Waals surface area contributed by atoms with Gasteiger partial charge in [0, 0.05) is 5.54 Å². The Balaban J connectivity index is 4.02. The summed E-state index contributed by atoms with van der Waals surface area (Å²) in [5.41, 5.74) is 0.672. The molecule has 0 rings (SSSR count). The van der Waals surface area contributed by atoms with Crippen LogP contribution in [0.1, 0.15) is 54.9 Å². The van der Waals surface area contributed by atoms with Crippen LogP contribution in [0, 0.1) is 11.3 Å². The molecule has 0 aliphatic heterocycles. The Hall–Kier alpha value is -0.0400. The Kier molecular flexibility index (Phi) is 4.44. The molecule has 0 radical (unpaired) electrons. The highest BCUT2D eigenvalue weighted by Crippen LogP contribution is 2.28. The third-order valence-electron chi connectivity index (χ3n) is 2.60. The van der Waals surface area contributed by atoms with Gasteiger partial charge in [-0.25, -0.2) is 0 Å². The van der Waals surface area contributed by atoms with Gasteiger partial charge in [0.25, 0.3) is 0 Å². The van der Waals surface area contributed by atoms with Crippen LogP contribution in [0.2, 0.25) is 0 Å². The van der Waals surface area contributed by atoms with E-state index in [2.05, 4.69) is 53.8 Å². The predicted octanol–water partition coefficient (Wildman–Crippen LogP) is 3.45. The molecule has 0 saturated heterocycles. The molecule has 0 spiro atoms. The highest BCUT2D eigenvalue weighted by Gasteiger charge is 2.23. The van der Waals surface area contributed by atoms with E-state index in [1.54, 1.807) is 0 Å². The lowest BCUT2D eigenvalue weighted by Gasteiger charge is -2.33. The van der Waals surface area contributed by atoms with Gasteiger partial charge in [-0.3, -0.25) is 0 Å². The van der Waals surface area contributed by atoms with Crippen molar-refractivity contribution in [3.8, 4) is 0 Å². The molecule has 1 heteroatoms. The number of rotatable bonds is 3. The lowest BCUT2D eigenvalue weighted by Crippen LogP contribution is -2.41. The summed E-state index contributed by atoms with van der Waals surface area (Å²) in [7, 11) is 0. The molecule has 0 bridgehead atoms. The maximum atomic E-state index is 3.58. The van der Waals surface area contributed by atoms with Crippen LogP contribution >= 0.6 is 0 Å². The molecule has 80 valence electrons. The van der Waals surface area contributed by atoms with Crippen molar-refractivity contribution in [1.82, 2.24) is 5.32 Å². The maximum Gasteiger partial charge on any atom is 0.00966 e. The molecule has 0 aliphatic rings. The molecule has 0 saturated carbocycles. The van der Waals surface area contributed by atoms with Gasteiger partial charge in [0.2, 0.25) is 0 Å². The first-order valence-corrected chi connectivity index (χ1v) is 5.42. The predicted molar refractivity (Wildman–Crippen MR) is 61.0 cm³/mol. The van der Waals surface area contributed by atoms with Crippen molar-refractivity contribution >= 4 is 0 Å². The minimum absolute atomic E-state index is 0.249. The average Bonchev–Trinajstić information content (AvgIpc) is 1.82. The SMILES string of the molecule is CCC(CNC(C)(C)C)C(C)(C)C. The Morgan fingerprint density at radius 1 is 1.00 bits per heavy atom. The largest absolute Gasteiger partial charge is 0.312 e. The quantitative estimate of drug-likeness (QED) is 0.710. The summed E-state index contributed by atoms with van der Waals surface area (Å²) in [4.78, 5) is 0. The van der Waals surface area contributed by atoms with Crippen LogP contribution in [0.15, 0.2) is 0 Å². The summed E-state index contributed by atoms with van der Waals surface area (Å²) in [5, 5.41) is 3.58. The summed E-state index contributed by atoms with van der Waals surface area (Å²) in [5.74, 6) is 0.770. The Morgan fingerprint density at radius 2 is 1.46 bits per heavy atom. The molecule has 1 nitrogen and oxygen atoms in total. The van der Waals surface area contributed by atoms with Crippen molar-refractivity contribution in [1.29, 1.82) is 0 Å². The van der Waals surface area contributed by atoms with Gasteiger partial charge in [0.05, 0.1) is 0 Å². The second-order valence-electron chi connectivity index (χ2n) is 6.10. The molecule has 13 heavy (non-hydrogen) atoms. The van der Waals surface area contributed by atoms with Gasteiger partial charge < -0.3 is 5.32 Å². The number of hydrogen-bond acceptors (Lipinski definition) is 1. The van der Waals surface area contributed by atoms with Gasteiger partial charge in [-0.05, 0) is 38.6 Å². The Morgan fingerprint density at radius 3 is 1.69 bits per heavy atom. The molecule has 0 aromatic heterocycles. The van der Waals surface area contributed by atoms with E-state index in [0.717, 1.165) is 12.5 Å². The van der Waals surface area contributed by atoms with E-state index in [0.29, 0.717) is 5.41 Å².